The highest BCUT2D eigenvalue weighted by Gasteiger charge is 2.23. The zero-order valence-corrected chi connectivity index (χ0v) is 17.5. The van der Waals surface area contributed by atoms with Gasteiger partial charge in [0.2, 0.25) is 0 Å². The fourth-order valence-electron chi connectivity index (χ4n) is 2.27. The van der Waals surface area contributed by atoms with Crippen LogP contribution >= 0.6 is 15.9 Å². The first-order valence-corrected chi connectivity index (χ1v) is 8.98. The topological polar surface area (TPSA) is 100 Å². The van der Waals surface area contributed by atoms with Crippen molar-refractivity contribution in [3.05, 3.63) is 22.2 Å². The van der Waals surface area contributed by atoms with E-state index in [1.807, 2.05) is 13.8 Å². The van der Waals surface area contributed by atoms with Crippen molar-refractivity contribution in [2.75, 3.05) is 27.9 Å². The summed E-state index contributed by atoms with van der Waals surface area (Å²) < 4.78 is 20.6. The molecule has 1 N–H and O–H groups in total. The molecule has 1 unspecified atom stereocenters. The van der Waals surface area contributed by atoms with Crippen LogP contribution in [0, 0.1) is 5.92 Å². The molecule has 9 heteroatoms. The van der Waals surface area contributed by atoms with Crippen LogP contribution < -0.4 is 14.8 Å². The normalized spacial score (nSPS) is 11.5. The van der Waals surface area contributed by atoms with E-state index >= 15 is 0 Å². The number of rotatable bonds is 9. The predicted molar refractivity (Wildman–Crippen MR) is 101 cm³/mol. The first-order chi connectivity index (χ1) is 12.7. The van der Waals surface area contributed by atoms with Gasteiger partial charge in [-0.05, 0) is 40.4 Å². The highest BCUT2D eigenvalue weighted by molar-refractivity contribution is 9.10. The average Bonchev–Trinajstić information content (AvgIpc) is 2.64. The molecule has 1 atom stereocenters. The Bertz CT molecular complexity index is 665. The Morgan fingerprint density at radius 3 is 2.07 bits per heavy atom. The second-order valence-corrected chi connectivity index (χ2v) is 6.84. The van der Waals surface area contributed by atoms with E-state index in [0.29, 0.717) is 22.4 Å². The van der Waals surface area contributed by atoms with Crippen LogP contribution in [0.5, 0.6) is 11.5 Å². The molecule has 1 amide bonds. The number of hydrogen-bond donors (Lipinski definition) is 1. The SMILES string of the molecule is COC(=O)C(CC(C)C)NC(=O)COC(=O)c1cc(OC)c(Br)c(OC)c1. The summed E-state index contributed by atoms with van der Waals surface area (Å²) in [6.07, 6.45) is 0.410. The second-order valence-electron chi connectivity index (χ2n) is 6.04. The Hall–Kier alpha value is -2.29. The summed E-state index contributed by atoms with van der Waals surface area (Å²) >= 11 is 3.30. The predicted octanol–water partition coefficient (Wildman–Crippen LogP) is 2.33. The molecule has 1 aromatic carbocycles. The Kier molecular flexibility index (Phi) is 9.07. The molecular formula is C18H24BrNO7. The molecule has 0 aliphatic rings. The van der Waals surface area contributed by atoms with Gasteiger partial charge in [0.25, 0.3) is 5.91 Å². The van der Waals surface area contributed by atoms with Crippen molar-refractivity contribution in [1.29, 1.82) is 0 Å². The molecule has 0 aliphatic carbocycles. The van der Waals surface area contributed by atoms with Gasteiger partial charge in [-0.15, -0.1) is 0 Å². The largest absolute Gasteiger partial charge is 0.495 e. The summed E-state index contributed by atoms with van der Waals surface area (Å²) in [6, 6.07) is 2.13. The van der Waals surface area contributed by atoms with Crippen LogP contribution in [0.4, 0.5) is 0 Å². The molecule has 8 nitrogen and oxygen atoms in total. The van der Waals surface area contributed by atoms with E-state index in [2.05, 4.69) is 26.0 Å². The van der Waals surface area contributed by atoms with Crippen molar-refractivity contribution < 1.29 is 33.3 Å². The van der Waals surface area contributed by atoms with Gasteiger partial charge in [0.05, 0.1) is 26.9 Å². The van der Waals surface area contributed by atoms with E-state index in [1.54, 1.807) is 0 Å². The van der Waals surface area contributed by atoms with E-state index in [9.17, 15) is 14.4 Å². The smallest absolute Gasteiger partial charge is 0.338 e. The number of esters is 2. The Labute approximate surface area is 166 Å². The van der Waals surface area contributed by atoms with Crippen molar-refractivity contribution >= 4 is 33.8 Å². The lowest BCUT2D eigenvalue weighted by atomic mass is 10.0. The molecule has 0 aliphatic heterocycles. The molecule has 1 rings (SSSR count). The van der Waals surface area contributed by atoms with Crippen LogP contribution in [0.1, 0.15) is 30.6 Å². The minimum Gasteiger partial charge on any atom is -0.495 e. The molecule has 0 saturated heterocycles. The second kappa shape index (κ2) is 10.8. The molecule has 0 radical (unpaired) electrons. The highest BCUT2D eigenvalue weighted by atomic mass is 79.9. The molecule has 27 heavy (non-hydrogen) atoms. The summed E-state index contributed by atoms with van der Waals surface area (Å²) in [5.41, 5.74) is 0.159. The number of amides is 1. The van der Waals surface area contributed by atoms with Gasteiger partial charge in [0.1, 0.15) is 22.0 Å². The van der Waals surface area contributed by atoms with Gasteiger partial charge in [-0.3, -0.25) is 4.79 Å². The maximum absolute atomic E-state index is 12.2. The first kappa shape index (κ1) is 22.8. The Balaban J connectivity index is 2.75. The molecule has 0 fully saturated rings. The van der Waals surface area contributed by atoms with Gasteiger partial charge < -0.3 is 24.3 Å². The van der Waals surface area contributed by atoms with E-state index in [-0.39, 0.29) is 11.5 Å². The van der Waals surface area contributed by atoms with E-state index < -0.39 is 30.5 Å². The molecule has 0 aromatic heterocycles. The third-order valence-electron chi connectivity index (χ3n) is 3.54. The summed E-state index contributed by atoms with van der Waals surface area (Å²) in [6.45, 7) is 3.29. The molecular weight excluding hydrogens is 422 g/mol. The number of halogens is 1. The monoisotopic (exact) mass is 445 g/mol. The third kappa shape index (κ3) is 6.74. The third-order valence-corrected chi connectivity index (χ3v) is 4.33. The number of benzene rings is 1. The summed E-state index contributed by atoms with van der Waals surface area (Å²) in [5.74, 6) is -0.949. The minimum atomic E-state index is -0.797. The number of nitrogens with one attached hydrogen (secondary N) is 1. The standard InChI is InChI=1S/C18H24BrNO7/c1-10(2)6-12(18(23)26-5)20-15(21)9-27-17(22)11-7-13(24-3)16(19)14(8-11)25-4/h7-8,10,12H,6,9H2,1-5H3,(H,20,21). The van der Waals surface area contributed by atoms with Crippen LogP contribution in [-0.4, -0.2) is 51.8 Å². The van der Waals surface area contributed by atoms with Crippen LogP contribution in [0.3, 0.4) is 0 Å². The molecule has 150 valence electrons. The van der Waals surface area contributed by atoms with E-state index in [0.717, 1.165) is 0 Å². The lowest BCUT2D eigenvalue weighted by Gasteiger charge is -2.18. The van der Waals surface area contributed by atoms with Gasteiger partial charge in [-0.1, -0.05) is 13.8 Å². The summed E-state index contributed by atoms with van der Waals surface area (Å²) in [5, 5.41) is 2.51. The van der Waals surface area contributed by atoms with E-state index in [4.69, 9.17) is 14.2 Å². The zero-order chi connectivity index (χ0) is 20.6. The van der Waals surface area contributed by atoms with Crippen molar-refractivity contribution in [3.63, 3.8) is 0 Å². The minimum absolute atomic E-state index is 0.159. The maximum Gasteiger partial charge on any atom is 0.338 e. The highest BCUT2D eigenvalue weighted by Crippen LogP contribution is 2.35. The summed E-state index contributed by atoms with van der Waals surface area (Å²) in [4.78, 5) is 36.0. The van der Waals surface area contributed by atoms with Crippen molar-refractivity contribution in [3.8, 4) is 11.5 Å². The van der Waals surface area contributed by atoms with Crippen molar-refractivity contribution in [1.82, 2.24) is 5.32 Å². The van der Waals surface area contributed by atoms with E-state index in [1.165, 1.54) is 33.5 Å². The van der Waals surface area contributed by atoms with Crippen molar-refractivity contribution in [2.45, 2.75) is 26.3 Å². The van der Waals surface area contributed by atoms with Crippen LogP contribution in [0.25, 0.3) is 0 Å². The van der Waals surface area contributed by atoms with Crippen LogP contribution in [0.2, 0.25) is 0 Å². The number of ether oxygens (including phenoxy) is 4. The van der Waals surface area contributed by atoms with Crippen molar-refractivity contribution in [2.24, 2.45) is 5.92 Å². The lowest BCUT2D eigenvalue weighted by Crippen LogP contribution is -2.44. The van der Waals surface area contributed by atoms with Crippen LogP contribution in [-0.2, 0) is 19.1 Å². The number of carbonyl (C=O) groups excluding carboxylic acids is 3. The fourth-order valence-corrected chi connectivity index (χ4v) is 2.82. The number of hydrogen-bond acceptors (Lipinski definition) is 7. The lowest BCUT2D eigenvalue weighted by molar-refractivity contribution is -0.145. The van der Waals surface area contributed by atoms with Gasteiger partial charge >= 0.3 is 11.9 Å². The molecule has 0 saturated carbocycles. The van der Waals surface area contributed by atoms with Gasteiger partial charge in [-0.2, -0.15) is 0 Å². The average molecular weight is 446 g/mol. The van der Waals surface area contributed by atoms with Crippen LogP contribution in [0.15, 0.2) is 16.6 Å². The molecule has 0 bridgehead atoms. The van der Waals surface area contributed by atoms with Gasteiger partial charge in [-0.25, -0.2) is 9.59 Å². The number of carbonyl (C=O) groups is 3. The Morgan fingerprint density at radius 1 is 1.07 bits per heavy atom. The van der Waals surface area contributed by atoms with Gasteiger partial charge in [0, 0.05) is 0 Å². The Morgan fingerprint density at radius 2 is 1.63 bits per heavy atom. The quantitative estimate of drug-likeness (QED) is 0.582. The van der Waals surface area contributed by atoms with Gasteiger partial charge in [0.15, 0.2) is 6.61 Å². The summed E-state index contributed by atoms with van der Waals surface area (Å²) in [7, 11) is 4.14. The first-order valence-electron chi connectivity index (χ1n) is 8.19. The molecule has 0 heterocycles. The fraction of sp³-hybridized carbons (Fsp3) is 0.500. The number of methoxy groups -OCH3 is 3. The molecule has 1 aromatic rings. The maximum atomic E-state index is 12.2. The molecule has 0 spiro atoms. The zero-order valence-electron chi connectivity index (χ0n) is 16.0.